The van der Waals surface area contributed by atoms with Crippen LogP contribution in [0.4, 0.5) is 5.69 Å². The van der Waals surface area contributed by atoms with Crippen LogP contribution in [0.15, 0.2) is 35.4 Å². The molecule has 2 aromatic rings. The number of aryl methyl sites for hydroxylation is 1. The van der Waals surface area contributed by atoms with Gasteiger partial charge in [-0.15, -0.1) is 0 Å². The first-order chi connectivity index (χ1) is 9.01. The van der Waals surface area contributed by atoms with Crippen molar-refractivity contribution in [3.05, 3.63) is 42.0 Å². The molecule has 19 heavy (non-hydrogen) atoms. The number of anilines is 1. The highest BCUT2D eigenvalue weighted by Gasteiger charge is 2.10. The van der Waals surface area contributed by atoms with Crippen LogP contribution in [0.2, 0.25) is 0 Å². The molecule has 0 atom stereocenters. The number of sulfonamides is 1. The molecule has 1 heterocycles. The van der Waals surface area contributed by atoms with Crippen molar-refractivity contribution < 1.29 is 8.42 Å². The fourth-order valence-electron chi connectivity index (χ4n) is 1.63. The zero-order valence-corrected chi connectivity index (χ0v) is 11.6. The number of aromatic amines is 1. The molecule has 0 amide bonds. The van der Waals surface area contributed by atoms with Crippen LogP contribution in [0.1, 0.15) is 11.5 Å². The molecule has 7 heteroatoms. The van der Waals surface area contributed by atoms with Gasteiger partial charge in [0.25, 0.3) is 0 Å². The lowest BCUT2D eigenvalue weighted by Gasteiger charge is -2.06. The average molecular weight is 280 g/mol. The van der Waals surface area contributed by atoms with Gasteiger partial charge in [0.05, 0.1) is 23.3 Å². The molecule has 0 bridgehead atoms. The van der Waals surface area contributed by atoms with Gasteiger partial charge in [0.2, 0.25) is 10.0 Å². The Morgan fingerprint density at radius 1 is 1.26 bits per heavy atom. The van der Waals surface area contributed by atoms with Gasteiger partial charge in [0.1, 0.15) is 5.82 Å². The van der Waals surface area contributed by atoms with Crippen LogP contribution in [-0.2, 0) is 16.6 Å². The van der Waals surface area contributed by atoms with E-state index in [1.165, 1.54) is 7.05 Å². The van der Waals surface area contributed by atoms with Crippen molar-refractivity contribution in [2.75, 3.05) is 12.4 Å². The second-order valence-electron chi connectivity index (χ2n) is 4.08. The van der Waals surface area contributed by atoms with E-state index in [0.29, 0.717) is 6.54 Å². The highest BCUT2D eigenvalue weighted by molar-refractivity contribution is 7.89. The van der Waals surface area contributed by atoms with E-state index in [4.69, 9.17) is 0 Å². The van der Waals surface area contributed by atoms with Crippen molar-refractivity contribution in [3.8, 4) is 0 Å². The van der Waals surface area contributed by atoms with Gasteiger partial charge in [-0.3, -0.25) is 0 Å². The summed E-state index contributed by atoms with van der Waals surface area (Å²) in [4.78, 5) is 7.46. The van der Waals surface area contributed by atoms with Crippen LogP contribution in [0, 0.1) is 6.92 Å². The molecule has 0 radical (unpaired) electrons. The smallest absolute Gasteiger partial charge is 0.240 e. The molecule has 0 saturated carbocycles. The number of hydrogen-bond acceptors (Lipinski definition) is 4. The van der Waals surface area contributed by atoms with Crippen LogP contribution >= 0.6 is 0 Å². The highest BCUT2D eigenvalue weighted by Crippen LogP contribution is 2.14. The van der Waals surface area contributed by atoms with Crippen molar-refractivity contribution in [2.24, 2.45) is 0 Å². The lowest BCUT2D eigenvalue weighted by atomic mass is 10.3. The number of hydrogen-bond donors (Lipinski definition) is 3. The summed E-state index contributed by atoms with van der Waals surface area (Å²) in [5, 5.41) is 3.18. The second kappa shape index (κ2) is 5.41. The minimum Gasteiger partial charge on any atom is -0.379 e. The maximum absolute atomic E-state index is 11.5. The number of H-pyrrole nitrogens is 1. The number of nitrogens with zero attached hydrogens (tertiary/aromatic N) is 1. The Labute approximate surface area is 112 Å². The molecule has 0 unspecified atom stereocenters. The molecule has 102 valence electrons. The number of aromatic nitrogens is 2. The maximum Gasteiger partial charge on any atom is 0.240 e. The van der Waals surface area contributed by atoms with E-state index in [1.807, 2.05) is 6.92 Å². The standard InChI is InChI=1S/C12H16N4O2S/c1-9-14-7-11(16-9)8-15-10-3-5-12(6-4-10)19(17,18)13-2/h3-7,13,15H,8H2,1-2H3,(H,14,16). The van der Waals surface area contributed by atoms with Gasteiger partial charge in [0.15, 0.2) is 0 Å². The van der Waals surface area contributed by atoms with Gasteiger partial charge in [0, 0.05) is 5.69 Å². The van der Waals surface area contributed by atoms with Crippen LogP contribution in [-0.4, -0.2) is 25.4 Å². The molecule has 0 aliphatic carbocycles. The van der Waals surface area contributed by atoms with E-state index in [1.54, 1.807) is 30.5 Å². The Bertz CT molecular complexity index is 647. The molecule has 6 nitrogen and oxygen atoms in total. The van der Waals surface area contributed by atoms with E-state index in [9.17, 15) is 8.42 Å². The fourth-order valence-corrected chi connectivity index (χ4v) is 2.36. The Morgan fingerprint density at radius 3 is 2.47 bits per heavy atom. The maximum atomic E-state index is 11.5. The molecular formula is C12H16N4O2S. The topological polar surface area (TPSA) is 86.9 Å². The minimum absolute atomic E-state index is 0.248. The van der Waals surface area contributed by atoms with Gasteiger partial charge in [-0.25, -0.2) is 18.1 Å². The molecule has 0 saturated heterocycles. The third-order valence-electron chi connectivity index (χ3n) is 2.67. The van der Waals surface area contributed by atoms with Crippen molar-refractivity contribution >= 4 is 15.7 Å². The summed E-state index contributed by atoms with van der Waals surface area (Å²) in [6, 6.07) is 6.58. The molecular weight excluding hydrogens is 264 g/mol. The molecule has 0 fully saturated rings. The van der Waals surface area contributed by atoms with Gasteiger partial charge in [-0.05, 0) is 38.2 Å². The lowest BCUT2D eigenvalue weighted by Crippen LogP contribution is -2.18. The number of benzene rings is 1. The summed E-state index contributed by atoms with van der Waals surface area (Å²) < 4.78 is 25.4. The quantitative estimate of drug-likeness (QED) is 0.769. The molecule has 3 N–H and O–H groups in total. The zero-order valence-electron chi connectivity index (χ0n) is 10.8. The van der Waals surface area contributed by atoms with E-state index in [2.05, 4.69) is 20.0 Å². The van der Waals surface area contributed by atoms with Crippen molar-refractivity contribution in [2.45, 2.75) is 18.4 Å². The minimum atomic E-state index is -3.37. The predicted molar refractivity (Wildman–Crippen MR) is 73.3 cm³/mol. The summed E-state index contributed by atoms with van der Waals surface area (Å²) in [6.07, 6.45) is 1.77. The third-order valence-corrected chi connectivity index (χ3v) is 4.10. The largest absolute Gasteiger partial charge is 0.379 e. The molecule has 1 aromatic heterocycles. The fraction of sp³-hybridized carbons (Fsp3) is 0.250. The summed E-state index contributed by atoms with van der Waals surface area (Å²) in [5.41, 5.74) is 1.83. The van der Waals surface area contributed by atoms with Gasteiger partial charge in [-0.2, -0.15) is 0 Å². The zero-order chi connectivity index (χ0) is 13.9. The summed E-state index contributed by atoms with van der Waals surface area (Å²) in [7, 11) is -1.98. The van der Waals surface area contributed by atoms with Crippen molar-refractivity contribution in [3.63, 3.8) is 0 Å². The first-order valence-electron chi connectivity index (χ1n) is 5.79. The molecule has 0 aliphatic heterocycles. The Hall–Kier alpha value is -1.86. The Kier molecular flexibility index (Phi) is 3.87. The Balaban J connectivity index is 2.03. The van der Waals surface area contributed by atoms with Crippen LogP contribution in [0.25, 0.3) is 0 Å². The van der Waals surface area contributed by atoms with E-state index < -0.39 is 10.0 Å². The first-order valence-corrected chi connectivity index (χ1v) is 7.27. The van der Waals surface area contributed by atoms with Crippen LogP contribution in [0.3, 0.4) is 0 Å². The normalized spacial score (nSPS) is 11.5. The van der Waals surface area contributed by atoms with Crippen molar-refractivity contribution in [1.29, 1.82) is 0 Å². The molecule has 0 spiro atoms. The van der Waals surface area contributed by atoms with Gasteiger partial charge in [-0.1, -0.05) is 0 Å². The van der Waals surface area contributed by atoms with Crippen LogP contribution < -0.4 is 10.0 Å². The highest BCUT2D eigenvalue weighted by atomic mass is 32.2. The SMILES string of the molecule is CNS(=O)(=O)c1ccc(NCc2cnc(C)[nH]2)cc1. The predicted octanol–water partition coefficient (Wildman–Crippen LogP) is 1.24. The lowest BCUT2D eigenvalue weighted by molar-refractivity contribution is 0.588. The monoisotopic (exact) mass is 280 g/mol. The number of nitrogens with one attached hydrogen (secondary N) is 3. The third kappa shape index (κ3) is 3.33. The van der Waals surface area contributed by atoms with Crippen LogP contribution in [0.5, 0.6) is 0 Å². The second-order valence-corrected chi connectivity index (χ2v) is 5.97. The molecule has 2 rings (SSSR count). The molecule has 1 aromatic carbocycles. The van der Waals surface area contributed by atoms with E-state index in [0.717, 1.165) is 17.2 Å². The molecule has 0 aliphatic rings. The Morgan fingerprint density at radius 2 is 1.95 bits per heavy atom. The van der Waals surface area contributed by atoms with E-state index >= 15 is 0 Å². The summed E-state index contributed by atoms with van der Waals surface area (Å²) in [6.45, 7) is 2.50. The summed E-state index contributed by atoms with van der Waals surface area (Å²) >= 11 is 0. The van der Waals surface area contributed by atoms with Gasteiger partial charge < -0.3 is 10.3 Å². The number of imidazole rings is 1. The van der Waals surface area contributed by atoms with E-state index in [-0.39, 0.29) is 4.90 Å². The average Bonchev–Trinajstić information content (AvgIpc) is 2.83. The summed E-state index contributed by atoms with van der Waals surface area (Å²) in [5.74, 6) is 0.868. The number of rotatable bonds is 5. The van der Waals surface area contributed by atoms with Crippen molar-refractivity contribution in [1.82, 2.24) is 14.7 Å². The van der Waals surface area contributed by atoms with Gasteiger partial charge >= 0.3 is 0 Å². The first kappa shape index (κ1) is 13.6.